The van der Waals surface area contributed by atoms with Crippen LogP contribution >= 0.6 is 35.3 Å². The molecular formula is C21H33IN6S. The molecule has 160 valence electrons. The molecule has 3 heterocycles. The minimum atomic E-state index is 0. The molecule has 1 aliphatic rings. The van der Waals surface area contributed by atoms with E-state index in [0.29, 0.717) is 6.54 Å². The number of pyridine rings is 1. The van der Waals surface area contributed by atoms with E-state index in [2.05, 4.69) is 56.9 Å². The molecule has 0 bridgehead atoms. The van der Waals surface area contributed by atoms with Gasteiger partial charge in [0, 0.05) is 44.2 Å². The highest BCUT2D eigenvalue weighted by Crippen LogP contribution is 2.21. The fourth-order valence-corrected chi connectivity index (χ4v) is 3.93. The molecule has 1 aliphatic heterocycles. The Kier molecular flexibility index (Phi) is 10.1. The molecule has 0 saturated carbocycles. The Hall–Kier alpha value is -1.42. The molecule has 0 aliphatic carbocycles. The smallest absolute Gasteiger partial charge is 0.191 e. The lowest BCUT2D eigenvalue weighted by Gasteiger charge is -2.31. The molecule has 0 amide bonds. The number of aromatic nitrogens is 2. The molecule has 0 atom stereocenters. The summed E-state index contributed by atoms with van der Waals surface area (Å²) in [6, 6.07) is 4.28. The second kappa shape index (κ2) is 12.3. The van der Waals surface area contributed by atoms with E-state index < -0.39 is 0 Å². The topological polar surface area (TPSA) is 65.4 Å². The van der Waals surface area contributed by atoms with E-state index in [9.17, 15) is 0 Å². The number of piperidine rings is 1. The second-order valence-electron chi connectivity index (χ2n) is 7.42. The van der Waals surface area contributed by atoms with E-state index in [4.69, 9.17) is 4.99 Å². The number of nitrogens with one attached hydrogen (secondary N) is 2. The van der Waals surface area contributed by atoms with Gasteiger partial charge in [0.1, 0.15) is 5.82 Å². The number of aryl methyl sites for hydroxylation is 1. The van der Waals surface area contributed by atoms with Gasteiger partial charge in [-0.1, -0.05) is 13.0 Å². The summed E-state index contributed by atoms with van der Waals surface area (Å²) < 4.78 is 0. The lowest BCUT2D eigenvalue weighted by molar-refractivity contribution is 0.436. The summed E-state index contributed by atoms with van der Waals surface area (Å²) in [5, 5.41) is 9.93. The Balaban J connectivity index is 0.00000300. The number of nitrogens with zero attached hydrogens (tertiary/aromatic N) is 4. The van der Waals surface area contributed by atoms with Crippen molar-refractivity contribution in [3.8, 4) is 0 Å². The second-order valence-corrected chi connectivity index (χ2v) is 8.49. The Morgan fingerprint density at radius 3 is 2.69 bits per heavy atom. The Bertz CT molecular complexity index is 753. The van der Waals surface area contributed by atoms with E-state index in [-0.39, 0.29) is 24.0 Å². The van der Waals surface area contributed by atoms with Gasteiger partial charge in [0.05, 0.1) is 17.2 Å². The van der Waals surface area contributed by atoms with Crippen molar-refractivity contribution in [2.24, 2.45) is 10.9 Å². The fraction of sp³-hybridized carbons (Fsp3) is 0.571. The lowest BCUT2D eigenvalue weighted by Crippen LogP contribution is -2.38. The third-order valence-corrected chi connectivity index (χ3v) is 5.84. The summed E-state index contributed by atoms with van der Waals surface area (Å²) >= 11 is 1.70. The van der Waals surface area contributed by atoms with Crippen molar-refractivity contribution in [3.05, 3.63) is 40.0 Å². The first kappa shape index (κ1) is 23.9. The summed E-state index contributed by atoms with van der Waals surface area (Å²) in [6.45, 7) is 11.0. The van der Waals surface area contributed by atoms with E-state index in [1.54, 1.807) is 11.3 Å². The molecule has 2 aromatic rings. The normalized spacial score (nSPS) is 15.1. The van der Waals surface area contributed by atoms with Crippen molar-refractivity contribution in [3.63, 3.8) is 0 Å². The largest absolute Gasteiger partial charge is 0.357 e. The average molecular weight is 529 g/mol. The van der Waals surface area contributed by atoms with Crippen LogP contribution in [0, 0.1) is 12.8 Å². The van der Waals surface area contributed by atoms with Crippen LogP contribution in [0.15, 0.2) is 28.7 Å². The lowest BCUT2D eigenvalue weighted by atomic mass is 9.99. The number of guanidine groups is 1. The fourth-order valence-electron chi connectivity index (χ4n) is 3.28. The van der Waals surface area contributed by atoms with E-state index >= 15 is 0 Å². The molecule has 8 heteroatoms. The van der Waals surface area contributed by atoms with E-state index in [1.807, 2.05) is 13.1 Å². The van der Waals surface area contributed by atoms with Gasteiger partial charge in [-0.25, -0.2) is 15.0 Å². The monoisotopic (exact) mass is 528 g/mol. The molecule has 0 aromatic carbocycles. The summed E-state index contributed by atoms with van der Waals surface area (Å²) in [4.78, 5) is 16.3. The van der Waals surface area contributed by atoms with Crippen LogP contribution in [0.25, 0.3) is 0 Å². The summed E-state index contributed by atoms with van der Waals surface area (Å²) in [6.07, 6.45) is 5.37. The molecule has 0 radical (unpaired) electrons. The van der Waals surface area contributed by atoms with Gasteiger partial charge in [0.15, 0.2) is 5.96 Å². The number of hydrogen-bond donors (Lipinski definition) is 2. The predicted octanol–water partition coefficient (Wildman–Crippen LogP) is 4.00. The van der Waals surface area contributed by atoms with Crippen molar-refractivity contribution in [2.45, 2.75) is 46.6 Å². The molecule has 1 saturated heterocycles. The zero-order valence-electron chi connectivity index (χ0n) is 17.6. The molecule has 3 rings (SSSR count). The number of hydrogen-bond acceptors (Lipinski definition) is 5. The van der Waals surface area contributed by atoms with Gasteiger partial charge in [-0.15, -0.1) is 35.3 Å². The first-order chi connectivity index (χ1) is 13.6. The van der Waals surface area contributed by atoms with Gasteiger partial charge in [-0.2, -0.15) is 0 Å². The van der Waals surface area contributed by atoms with Crippen molar-refractivity contribution < 1.29 is 0 Å². The molecule has 0 spiro atoms. The summed E-state index contributed by atoms with van der Waals surface area (Å²) in [5.74, 6) is 2.76. The molecule has 0 unspecified atom stereocenters. The van der Waals surface area contributed by atoms with Crippen LogP contribution in [0.4, 0.5) is 5.82 Å². The Morgan fingerprint density at radius 1 is 1.28 bits per heavy atom. The van der Waals surface area contributed by atoms with Gasteiger partial charge >= 0.3 is 0 Å². The molecule has 2 aromatic heterocycles. The van der Waals surface area contributed by atoms with Crippen LogP contribution in [-0.2, 0) is 13.0 Å². The van der Waals surface area contributed by atoms with Crippen LogP contribution in [-0.4, -0.2) is 42.1 Å². The maximum absolute atomic E-state index is 4.70. The van der Waals surface area contributed by atoms with Crippen LogP contribution in [0.5, 0.6) is 0 Å². The molecule has 6 nitrogen and oxygen atoms in total. The first-order valence-corrected chi connectivity index (χ1v) is 11.1. The van der Waals surface area contributed by atoms with Crippen molar-refractivity contribution >= 4 is 47.1 Å². The third-order valence-electron chi connectivity index (χ3n) is 5.02. The zero-order chi connectivity index (χ0) is 19.8. The molecule has 29 heavy (non-hydrogen) atoms. The summed E-state index contributed by atoms with van der Waals surface area (Å²) in [7, 11) is 0. The van der Waals surface area contributed by atoms with E-state index in [1.165, 1.54) is 12.8 Å². The highest BCUT2D eigenvalue weighted by Gasteiger charge is 2.16. The quantitative estimate of drug-likeness (QED) is 0.323. The highest BCUT2D eigenvalue weighted by molar-refractivity contribution is 14.0. The standard InChI is InChI=1S/C21H32N6S.HI/c1-4-22-21(23-10-7-19-15-28-17(3)26-19)25-14-18-5-6-20(24-13-18)27-11-8-16(2)9-12-27;/h5-6,13,15-16H,4,7-12,14H2,1-3H3,(H2,22,23,25);1H. The van der Waals surface area contributed by atoms with Gasteiger partial charge in [0.2, 0.25) is 0 Å². The maximum atomic E-state index is 4.70. The van der Waals surface area contributed by atoms with Crippen LogP contribution < -0.4 is 15.5 Å². The molecule has 2 N–H and O–H groups in total. The van der Waals surface area contributed by atoms with Crippen molar-refractivity contribution in [1.29, 1.82) is 0 Å². The number of thiazole rings is 1. The predicted molar refractivity (Wildman–Crippen MR) is 134 cm³/mol. The number of halogens is 1. The number of aliphatic imine (C=N–C) groups is 1. The summed E-state index contributed by atoms with van der Waals surface area (Å²) in [5.41, 5.74) is 2.26. The highest BCUT2D eigenvalue weighted by atomic mass is 127. The van der Waals surface area contributed by atoms with Crippen LogP contribution in [0.2, 0.25) is 0 Å². The van der Waals surface area contributed by atoms with Gasteiger partial charge < -0.3 is 15.5 Å². The van der Waals surface area contributed by atoms with Gasteiger partial charge in [-0.05, 0) is 44.2 Å². The minimum absolute atomic E-state index is 0. The number of rotatable bonds is 7. The van der Waals surface area contributed by atoms with Crippen molar-refractivity contribution in [1.82, 2.24) is 20.6 Å². The number of anilines is 1. The SMILES string of the molecule is CCNC(=NCc1ccc(N2CCC(C)CC2)nc1)NCCc1csc(C)n1.I. The molecular weight excluding hydrogens is 495 g/mol. The van der Waals surface area contributed by atoms with Gasteiger partial charge in [-0.3, -0.25) is 0 Å². The van der Waals surface area contributed by atoms with Crippen LogP contribution in [0.3, 0.4) is 0 Å². The first-order valence-electron chi connectivity index (χ1n) is 10.3. The third kappa shape index (κ3) is 7.73. The Morgan fingerprint density at radius 2 is 2.07 bits per heavy atom. The maximum Gasteiger partial charge on any atom is 0.191 e. The van der Waals surface area contributed by atoms with E-state index in [0.717, 1.165) is 66.6 Å². The van der Waals surface area contributed by atoms with Gasteiger partial charge in [0.25, 0.3) is 0 Å². The van der Waals surface area contributed by atoms with Crippen LogP contribution in [0.1, 0.15) is 43.0 Å². The molecule has 1 fully saturated rings. The minimum Gasteiger partial charge on any atom is -0.357 e. The zero-order valence-corrected chi connectivity index (χ0v) is 20.8. The average Bonchev–Trinajstić information content (AvgIpc) is 3.12. The van der Waals surface area contributed by atoms with Crippen molar-refractivity contribution in [2.75, 3.05) is 31.1 Å². The Labute approximate surface area is 195 Å².